The second kappa shape index (κ2) is 7.92. The first-order chi connectivity index (χ1) is 15.5. The van der Waals surface area contributed by atoms with Crippen molar-refractivity contribution < 1.29 is 32.6 Å². The van der Waals surface area contributed by atoms with Crippen molar-refractivity contribution in [2.45, 2.75) is 19.6 Å². The molecule has 0 aliphatic heterocycles. The number of nitrogens with one attached hydrogen (secondary N) is 1. The van der Waals surface area contributed by atoms with Crippen LogP contribution < -0.4 is 11.2 Å². The zero-order valence-corrected chi connectivity index (χ0v) is 17.5. The van der Waals surface area contributed by atoms with Gasteiger partial charge < -0.3 is 19.4 Å². The molecule has 2 N–H and O–H groups in total. The van der Waals surface area contributed by atoms with Crippen molar-refractivity contribution in [3.63, 3.8) is 0 Å². The minimum absolute atomic E-state index is 0.0144. The highest BCUT2D eigenvalue weighted by Gasteiger charge is 2.33. The average Bonchev–Trinajstić information content (AvgIpc) is 3.30. The summed E-state index contributed by atoms with van der Waals surface area (Å²) in [6, 6.07) is 2.34. The van der Waals surface area contributed by atoms with Gasteiger partial charge in [-0.2, -0.15) is 13.2 Å². The van der Waals surface area contributed by atoms with Crippen molar-refractivity contribution in [1.82, 2.24) is 14.1 Å². The van der Waals surface area contributed by atoms with E-state index in [1.165, 1.54) is 17.7 Å². The van der Waals surface area contributed by atoms with E-state index in [-0.39, 0.29) is 28.4 Å². The summed E-state index contributed by atoms with van der Waals surface area (Å²) in [5, 5.41) is 12.5. The van der Waals surface area contributed by atoms with Gasteiger partial charge in [0.15, 0.2) is 5.69 Å². The fraction of sp³-hybridized carbons (Fsp3) is 0.200. The zero-order valence-electron chi connectivity index (χ0n) is 16.7. The molecule has 33 heavy (non-hydrogen) atoms. The van der Waals surface area contributed by atoms with Gasteiger partial charge in [-0.15, -0.1) is 11.3 Å². The number of ether oxygens (including phenoxy) is 1. The van der Waals surface area contributed by atoms with Crippen molar-refractivity contribution in [3.8, 4) is 5.69 Å². The number of fused-ring (bicyclic) bond motifs is 2. The van der Waals surface area contributed by atoms with E-state index in [0.29, 0.717) is 16.7 Å². The third-order valence-corrected chi connectivity index (χ3v) is 5.67. The molecule has 4 aromatic rings. The van der Waals surface area contributed by atoms with Crippen LogP contribution in [0.4, 0.5) is 13.2 Å². The Hall–Kier alpha value is -3.87. The van der Waals surface area contributed by atoms with E-state index in [2.05, 4.69) is 4.98 Å². The van der Waals surface area contributed by atoms with Crippen LogP contribution in [0.5, 0.6) is 0 Å². The molecule has 0 bridgehead atoms. The number of rotatable bonds is 5. The van der Waals surface area contributed by atoms with Gasteiger partial charge in [0, 0.05) is 16.1 Å². The number of carbonyl (C=O) groups is 2. The smallest absolute Gasteiger partial charge is 0.416 e. The van der Waals surface area contributed by atoms with E-state index >= 15 is 0 Å². The monoisotopic (exact) mass is 481 g/mol. The van der Waals surface area contributed by atoms with Crippen molar-refractivity contribution in [2.75, 3.05) is 6.61 Å². The highest BCUT2D eigenvalue weighted by molar-refractivity contribution is 7.09. The highest BCUT2D eigenvalue weighted by Crippen LogP contribution is 2.35. The molecule has 9 nitrogen and oxygen atoms in total. The summed E-state index contributed by atoms with van der Waals surface area (Å²) < 4.78 is 46.5. The van der Waals surface area contributed by atoms with Gasteiger partial charge in [-0.3, -0.25) is 9.59 Å². The SMILES string of the molecule is CCOC(=O)Cn1c(C(=O)O)c(-n2c(=O)[nH]c3cscc3c2=O)c2cc(C(F)(F)F)ccc21. The zero-order chi connectivity index (χ0) is 24.1. The topological polar surface area (TPSA) is 123 Å². The molecule has 0 aliphatic rings. The molecule has 0 atom stereocenters. The molecule has 0 saturated heterocycles. The van der Waals surface area contributed by atoms with Gasteiger partial charge in [0.05, 0.1) is 34.3 Å². The summed E-state index contributed by atoms with van der Waals surface area (Å²) in [6.07, 6.45) is -4.78. The van der Waals surface area contributed by atoms with Gasteiger partial charge >= 0.3 is 23.8 Å². The normalized spacial score (nSPS) is 11.9. The second-order valence-corrected chi connectivity index (χ2v) is 7.64. The first-order valence-electron chi connectivity index (χ1n) is 9.38. The number of aromatic carboxylic acids is 1. The highest BCUT2D eigenvalue weighted by atomic mass is 32.1. The summed E-state index contributed by atoms with van der Waals surface area (Å²) in [5.41, 5.74) is -4.25. The standard InChI is InChI=1S/C20H14F3N3O6S/c1-2-32-14(27)6-25-13-4-3-9(20(21,22)23)5-10(13)15(16(25)18(29)30)26-17(28)11-7-33-8-12(11)24-19(26)31/h3-5,7-8H,2,6H2,1H3,(H,24,31)(H,29,30). The van der Waals surface area contributed by atoms with Crippen molar-refractivity contribution in [3.05, 3.63) is 61.1 Å². The maximum Gasteiger partial charge on any atom is 0.416 e. The van der Waals surface area contributed by atoms with Crippen LogP contribution >= 0.6 is 11.3 Å². The first kappa shape index (κ1) is 22.3. The van der Waals surface area contributed by atoms with E-state index in [1.807, 2.05) is 0 Å². The number of alkyl halides is 3. The number of aromatic nitrogens is 3. The number of nitrogens with zero attached hydrogens (tertiary/aromatic N) is 2. The summed E-state index contributed by atoms with van der Waals surface area (Å²) in [7, 11) is 0. The number of halogens is 3. The Bertz CT molecular complexity index is 1540. The molecular weight excluding hydrogens is 467 g/mol. The molecule has 0 unspecified atom stereocenters. The number of hydrogen-bond acceptors (Lipinski definition) is 6. The summed E-state index contributed by atoms with van der Waals surface area (Å²) >= 11 is 1.10. The van der Waals surface area contributed by atoms with Crippen molar-refractivity contribution in [2.24, 2.45) is 0 Å². The van der Waals surface area contributed by atoms with Crippen LogP contribution in [0.2, 0.25) is 0 Å². The van der Waals surface area contributed by atoms with Crippen LogP contribution in [0, 0.1) is 0 Å². The maximum absolute atomic E-state index is 13.4. The molecule has 0 spiro atoms. The lowest BCUT2D eigenvalue weighted by atomic mass is 10.1. The van der Waals surface area contributed by atoms with Crippen LogP contribution in [-0.2, 0) is 22.3 Å². The quantitative estimate of drug-likeness (QED) is 0.423. The fourth-order valence-electron chi connectivity index (χ4n) is 3.60. The molecule has 0 saturated carbocycles. The summed E-state index contributed by atoms with van der Waals surface area (Å²) in [6.45, 7) is 0.851. The van der Waals surface area contributed by atoms with Crippen LogP contribution in [0.3, 0.4) is 0 Å². The Kier molecular flexibility index (Phi) is 5.36. The van der Waals surface area contributed by atoms with Crippen LogP contribution in [0.15, 0.2) is 38.5 Å². The average molecular weight is 481 g/mol. The number of H-pyrrole nitrogens is 1. The van der Waals surface area contributed by atoms with E-state index in [4.69, 9.17) is 4.74 Å². The fourth-order valence-corrected chi connectivity index (χ4v) is 4.36. The Labute approximate surface area is 185 Å². The Morgan fingerprint density at radius 3 is 2.55 bits per heavy atom. The summed E-state index contributed by atoms with van der Waals surface area (Å²) in [5.74, 6) is -2.51. The van der Waals surface area contributed by atoms with E-state index in [0.717, 1.165) is 22.0 Å². The van der Waals surface area contributed by atoms with Crippen molar-refractivity contribution >= 4 is 45.1 Å². The predicted octanol–water partition coefficient (Wildman–Crippen LogP) is 2.98. The molecule has 0 radical (unpaired) electrons. The molecule has 0 fully saturated rings. The van der Waals surface area contributed by atoms with E-state index < -0.39 is 52.9 Å². The molecular formula is C20H14F3N3O6S. The van der Waals surface area contributed by atoms with Gasteiger partial charge in [-0.1, -0.05) is 0 Å². The van der Waals surface area contributed by atoms with Gasteiger partial charge in [-0.25, -0.2) is 14.2 Å². The van der Waals surface area contributed by atoms with E-state index in [9.17, 15) is 37.5 Å². The molecule has 172 valence electrons. The van der Waals surface area contributed by atoms with Gasteiger partial charge in [0.2, 0.25) is 0 Å². The number of benzene rings is 1. The molecule has 0 amide bonds. The Morgan fingerprint density at radius 2 is 1.91 bits per heavy atom. The minimum Gasteiger partial charge on any atom is -0.477 e. The third-order valence-electron chi connectivity index (χ3n) is 4.92. The van der Waals surface area contributed by atoms with Crippen molar-refractivity contribution in [1.29, 1.82) is 0 Å². The van der Waals surface area contributed by atoms with Crippen LogP contribution in [0.25, 0.3) is 27.5 Å². The van der Waals surface area contributed by atoms with Crippen LogP contribution in [0.1, 0.15) is 23.0 Å². The Balaban J connectivity index is 2.17. The molecule has 3 aromatic heterocycles. The lowest BCUT2D eigenvalue weighted by Crippen LogP contribution is -2.34. The largest absolute Gasteiger partial charge is 0.477 e. The van der Waals surface area contributed by atoms with Gasteiger partial charge in [-0.05, 0) is 25.1 Å². The van der Waals surface area contributed by atoms with Gasteiger partial charge in [0.25, 0.3) is 5.56 Å². The molecule has 4 rings (SSSR count). The van der Waals surface area contributed by atoms with E-state index in [1.54, 1.807) is 0 Å². The molecule has 0 aliphatic carbocycles. The van der Waals surface area contributed by atoms with Gasteiger partial charge in [0.1, 0.15) is 6.54 Å². The lowest BCUT2D eigenvalue weighted by Gasteiger charge is -2.09. The number of thiophene rings is 1. The lowest BCUT2D eigenvalue weighted by molar-refractivity contribution is -0.143. The third kappa shape index (κ3) is 3.69. The number of carboxylic acid groups (broad SMARTS) is 1. The number of carbonyl (C=O) groups excluding carboxylic acids is 1. The molecule has 3 heterocycles. The second-order valence-electron chi connectivity index (χ2n) is 6.89. The van der Waals surface area contributed by atoms with Crippen LogP contribution in [-0.4, -0.2) is 37.8 Å². The number of hydrogen-bond donors (Lipinski definition) is 2. The number of esters is 1. The first-order valence-corrected chi connectivity index (χ1v) is 10.3. The number of aromatic amines is 1. The molecule has 1 aromatic carbocycles. The molecule has 13 heteroatoms. The predicted molar refractivity (Wildman–Crippen MR) is 112 cm³/mol. The Morgan fingerprint density at radius 1 is 1.18 bits per heavy atom. The minimum atomic E-state index is -4.78. The maximum atomic E-state index is 13.4. The summed E-state index contributed by atoms with van der Waals surface area (Å²) in [4.78, 5) is 52.6. The number of carboxylic acids is 1.